The van der Waals surface area contributed by atoms with E-state index in [0.717, 1.165) is 12.0 Å². The van der Waals surface area contributed by atoms with Crippen LogP contribution in [0.1, 0.15) is 23.1 Å². The molecule has 0 aliphatic carbocycles. The molecule has 0 saturated carbocycles. The average Bonchev–Trinajstić information content (AvgIpc) is 2.83. The molecule has 1 aromatic rings. The van der Waals surface area contributed by atoms with Crippen LogP contribution >= 0.6 is 24.0 Å². The highest BCUT2D eigenvalue weighted by Crippen LogP contribution is 2.34. The first kappa shape index (κ1) is 18.4. The Labute approximate surface area is 151 Å². The fourth-order valence-corrected chi connectivity index (χ4v) is 3.62. The van der Waals surface area contributed by atoms with Gasteiger partial charge in [0, 0.05) is 31.4 Å². The van der Waals surface area contributed by atoms with Gasteiger partial charge in [0.15, 0.2) is 0 Å². The Morgan fingerprint density at radius 1 is 1.33 bits per heavy atom. The minimum absolute atomic E-state index is 0.102. The summed E-state index contributed by atoms with van der Waals surface area (Å²) in [6.07, 6.45) is 5.64. The zero-order chi connectivity index (χ0) is 17.7. The molecule has 0 bridgehead atoms. The van der Waals surface area contributed by atoms with Crippen molar-refractivity contribution in [2.75, 3.05) is 20.3 Å². The largest absolute Gasteiger partial charge is 0.507 e. The van der Waals surface area contributed by atoms with Crippen LogP contribution in [0.2, 0.25) is 0 Å². The number of hydrogen-bond donors (Lipinski definition) is 1. The third kappa shape index (κ3) is 3.95. The lowest BCUT2D eigenvalue weighted by Crippen LogP contribution is -2.29. The second kappa shape index (κ2) is 8.28. The van der Waals surface area contributed by atoms with E-state index in [1.807, 2.05) is 0 Å². The number of nitrogens with zero attached hydrogens (tertiary/aromatic N) is 1. The Hall–Kier alpha value is -1.89. The normalized spacial score (nSPS) is 16.0. The number of ether oxygens (including phenoxy) is 1. The molecule has 1 N–H and O–H groups in total. The van der Waals surface area contributed by atoms with E-state index in [-0.39, 0.29) is 11.7 Å². The summed E-state index contributed by atoms with van der Waals surface area (Å²) in [6, 6.07) is 3.54. The Balaban J connectivity index is 2.28. The quantitative estimate of drug-likeness (QED) is 0.453. The Morgan fingerprint density at radius 3 is 2.50 bits per heavy atom. The highest BCUT2D eigenvalue weighted by Gasteiger charge is 2.31. The van der Waals surface area contributed by atoms with Crippen LogP contribution in [0.4, 0.5) is 0 Å². The molecule has 1 amide bonds. The summed E-state index contributed by atoms with van der Waals surface area (Å²) in [5.41, 5.74) is 1.97. The van der Waals surface area contributed by atoms with Crippen molar-refractivity contribution in [2.24, 2.45) is 0 Å². The van der Waals surface area contributed by atoms with Crippen LogP contribution in [0.3, 0.4) is 0 Å². The maximum atomic E-state index is 12.5. The highest BCUT2D eigenvalue weighted by atomic mass is 32.2. The molecule has 2 rings (SSSR count). The summed E-state index contributed by atoms with van der Waals surface area (Å²) in [5.74, 6) is 0.0266. The predicted molar refractivity (Wildman–Crippen MR) is 105 cm³/mol. The first-order valence-corrected chi connectivity index (χ1v) is 8.60. The number of thiocarbonyl (C=S) groups is 1. The summed E-state index contributed by atoms with van der Waals surface area (Å²) < 4.78 is 5.56. The van der Waals surface area contributed by atoms with Crippen LogP contribution in [0, 0.1) is 0 Å². The molecule has 0 aromatic heterocycles. The fourth-order valence-electron chi connectivity index (χ4n) is 2.31. The minimum atomic E-state index is -0.102. The van der Waals surface area contributed by atoms with Crippen molar-refractivity contribution in [1.29, 1.82) is 0 Å². The molecule has 126 valence electrons. The Kier molecular flexibility index (Phi) is 6.36. The number of carbonyl (C=O) groups excluding carboxylic acids is 1. The second-order valence-electron chi connectivity index (χ2n) is 5.14. The maximum absolute atomic E-state index is 12.5. The third-order valence-corrected chi connectivity index (χ3v) is 4.91. The monoisotopic (exact) mass is 361 g/mol. The van der Waals surface area contributed by atoms with Gasteiger partial charge in [0.25, 0.3) is 5.91 Å². The molecule has 4 nitrogen and oxygen atoms in total. The number of methoxy groups -OCH3 is 1. The summed E-state index contributed by atoms with van der Waals surface area (Å²) in [6.45, 7) is 8.51. The Bertz CT molecular complexity index is 696. The molecule has 0 unspecified atom stereocenters. The first-order chi connectivity index (χ1) is 11.5. The molecule has 1 aromatic carbocycles. The van der Waals surface area contributed by atoms with Gasteiger partial charge in [-0.2, -0.15) is 0 Å². The SMILES string of the molecule is C=Cc1cc(/C=C2\SC(=S)N(CCCOC)C2=O)cc(C=C)c1O. The number of hydrogen-bond acceptors (Lipinski definition) is 5. The molecule has 0 atom stereocenters. The number of carbonyl (C=O) groups is 1. The van der Waals surface area contributed by atoms with Crippen LogP contribution < -0.4 is 0 Å². The van der Waals surface area contributed by atoms with E-state index in [0.29, 0.717) is 33.5 Å². The van der Waals surface area contributed by atoms with Crippen LogP contribution in [-0.2, 0) is 9.53 Å². The smallest absolute Gasteiger partial charge is 0.266 e. The van der Waals surface area contributed by atoms with Gasteiger partial charge >= 0.3 is 0 Å². The lowest BCUT2D eigenvalue weighted by molar-refractivity contribution is -0.122. The highest BCUT2D eigenvalue weighted by molar-refractivity contribution is 8.26. The number of phenols is 1. The molecule has 1 fully saturated rings. The van der Waals surface area contributed by atoms with Crippen molar-refractivity contribution in [2.45, 2.75) is 6.42 Å². The number of rotatable bonds is 7. The van der Waals surface area contributed by atoms with Crippen molar-refractivity contribution in [3.8, 4) is 5.75 Å². The van der Waals surface area contributed by atoms with Crippen molar-refractivity contribution >= 4 is 52.4 Å². The van der Waals surface area contributed by atoms with E-state index in [1.54, 1.807) is 42.4 Å². The number of phenolic OH excluding ortho intramolecular Hbond substituents is 1. The van der Waals surface area contributed by atoms with Gasteiger partial charge < -0.3 is 9.84 Å². The lowest BCUT2D eigenvalue weighted by Gasteiger charge is -2.13. The van der Waals surface area contributed by atoms with Gasteiger partial charge in [-0.1, -0.05) is 49.3 Å². The van der Waals surface area contributed by atoms with E-state index in [9.17, 15) is 9.90 Å². The van der Waals surface area contributed by atoms with Crippen molar-refractivity contribution in [3.63, 3.8) is 0 Å². The molecule has 1 heterocycles. The lowest BCUT2D eigenvalue weighted by atomic mass is 10.0. The molecule has 1 saturated heterocycles. The summed E-state index contributed by atoms with van der Waals surface area (Å²) in [4.78, 5) is 14.7. The van der Waals surface area contributed by atoms with Gasteiger partial charge in [-0.15, -0.1) is 0 Å². The number of thioether (sulfide) groups is 1. The average molecular weight is 361 g/mol. The molecular formula is C18H19NO3S2. The van der Waals surface area contributed by atoms with Crippen LogP contribution in [-0.4, -0.2) is 40.5 Å². The van der Waals surface area contributed by atoms with E-state index in [4.69, 9.17) is 17.0 Å². The van der Waals surface area contributed by atoms with Gasteiger partial charge in [-0.25, -0.2) is 0 Å². The zero-order valence-electron chi connectivity index (χ0n) is 13.4. The minimum Gasteiger partial charge on any atom is -0.507 e. The molecule has 1 aliphatic heterocycles. The summed E-state index contributed by atoms with van der Waals surface area (Å²) in [7, 11) is 1.63. The van der Waals surface area contributed by atoms with Gasteiger partial charge in [0.2, 0.25) is 0 Å². The number of aromatic hydroxyl groups is 1. The van der Waals surface area contributed by atoms with Crippen molar-refractivity contribution < 1.29 is 14.6 Å². The van der Waals surface area contributed by atoms with E-state index in [2.05, 4.69) is 13.2 Å². The standard InChI is InChI=1S/C18H19NO3S2/c1-4-13-9-12(10-14(5-2)16(13)20)11-15-17(21)19(18(23)24-15)7-6-8-22-3/h4-5,9-11,20H,1-2,6-8H2,3H3/b15-11-. The van der Waals surface area contributed by atoms with E-state index >= 15 is 0 Å². The van der Waals surface area contributed by atoms with Gasteiger partial charge in [0.1, 0.15) is 10.1 Å². The Morgan fingerprint density at radius 2 is 1.96 bits per heavy atom. The molecule has 1 aliphatic rings. The molecule has 0 spiro atoms. The number of amides is 1. The van der Waals surface area contributed by atoms with Crippen LogP contribution in [0.5, 0.6) is 5.75 Å². The predicted octanol–water partition coefficient (Wildman–Crippen LogP) is 3.92. The van der Waals surface area contributed by atoms with Gasteiger partial charge in [-0.05, 0) is 30.2 Å². The summed E-state index contributed by atoms with van der Waals surface area (Å²) >= 11 is 6.57. The maximum Gasteiger partial charge on any atom is 0.266 e. The van der Waals surface area contributed by atoms with E-state index < -0.39 is 0 Å². The van der Waals surface area contributed by atoms with Crippen molar-refractivity contribution in [1.82, 2.24) is 4.90 Å². The first-order valence-electron chi connectivity index (χ1n) is 7.38. The molecular weight excluding hydrogens is 342 g/mol. The third-order valence-electron chi connectivity index (χ3n) is 3.53. The fraction of sp³-hybridized carbons (Fsp3) is 0.222. The second-order valence-corrected chi connectivity index (χ2v) is 6.81. The van der Waals surface area contributed by atoms with Crippen LogP contribution in [0.25, 0.3) is 18.2 Å². The molecule has 24 heavy (non-hydrogen) atoms. The van der Waals surface area contributed by atoms with Crippen molar-refractivity contribution in [3.05, 3.63) is 46.9 Å². The number of benzene rings is 1. The molecule has 0 radical (unpaired) electrons. The van der Waals surface area contributed by atoms with Crippen LogP contribution in [0.15, 0.2) is 30.2 Å². The van der Waals surface area contributed by atoms with E-state index in [1.165, 1.54) is 11.8 Å². The topological polar surface area (TPSA) is 49.8 Å². The van der Waals surface area contributed by atoms with Gasteiger partial charge in [0.05, 0.1) is 4.91 Å². The van der Waals surface area contributed by atoms with Gasteiger partial charge in [-0.3, -0.25) is 9.69 Å². The zero-order valence-corrected chi connectivity index (χ0v) is 15.1. The molecule has 6 heteroatoms. The summed E-state index contributed by atoms with van der Waals surface area (Å²) in [5, 5.41) is 10.1.